The number of H-pyrrole nitrogens is 1. The lowest BCUT2D eigenvalue weighted by molar-refractivity contribution is -0.203. The van der Waals surface area contributed by atoms with Crippen LogP contribution in [0.3, 0.4) is 0 Å². The topological polar surface area (TPSA) is 138 Å². The van der Waals surface area contributed by atoms with E-state index in [1.54, 1.807) is 35.6 Å². The lowest BCUT2D eigenvalue weighted by atomic mass is 9.78. The second-order valence-corrected chi connectivity index (χ2v) is 9.60. The molecule has 0 unspecified atom stereocenters. The van der Waals surface area contributed by atoms with Crippen molar-refractivity contribution in [3.8, 4) is 5.75 Å². The minimum absolute atomic E-state index is 0.294. The van der Waals surface area contributed by atoms with E-state index in [2.05, 4.69) is 15.7 Å². The van der Waals surface area contributed by atoms with Gasteiger partial charge in [-0.2, -0.15) is 31.0 Å². The average Bonchev–Trinajstić information content (AvgIpc) is 3.37. The number of carbonyl (C=O) groups is 1. The summed E-state index contributed by atoms with van der Waals surface area (Å²) in [6, 6.07) is 11.2. The highest BCUT2D eigenvalue weighted by atomic mass is 19.4. The number of tetrazole rings is 1. The molecule has 1 aliphatic heterocycles. The smallest absolute Gasteiger partial charge is 0.416 e. The molecular formula is C27H24F7N7O3. The average molecular weight is 628 g/mol. The summed E-state index contributed by atoms with van der Waals surface area (Å²) in [6.07, 6.45) is -10.3. The highest BCUT2D eigenvalue weighted by Gasteiger charge is 2.61. The highest BCUT2D eigenvalue weighted by Crippen LogP contribution is 2.48. The van der Waals surface area contributed by atoms with Crippen LogP contribution in [0.2, 0.25) is 0 Å². The molecule has 1 aliphatic rings. The number of halogens is 7. The van der Waals surface area contributed by atoms with Crippen LogP contribution in [0.25, 0.3) is 5.70 Å². The molecule has 0 aliphatic carbocycles. The fourth-order valence-electron chi connectivity index (χ4n) is 4.47. The number of rotatable bonds is 11. The first kappa shape index (κ1) is 32.0. The van der Waals surface area contributed by atoms with Gasteiger partial charge in [0, 0.05) is 36.6 Å². The Labute approximate surface area is 244 Å². The van der Waals surface area contributed by atoms with Gasteiger partial charge in [-0.3, -0.25) is 4.79 Å². The van der Waals surface area contributed by atoms with Gasteiger partial charge in [0.1, 0.15) is 17.3 Å². The normalized spacial score (nSPS) is 17.6. The number of ether oxygens (including phenoxy) is 1. The van der Waals surface area contributed by atoms with E-state index in [4.69, 9.17) is 10.1 Å². The maximum Gasteiger partial charge on any atom is 0.416 e. The van der Waals surface area contributed by atoms with Crippen molar-refractivity contribution in [2.75, 3.05) is 6.61 Å². The zero-order valence-electron chi connectivity index (χ0n) is 22.5. The maximum absolute atomic E-state index is 15.3. The van der Waals surface area contributed by atoms with Crippen LogP contribution in [0, 0.1) is 11.2 Å². The molecule has 234 valence electrons. The predicted molar refractivity (Wildman–Crippen MR) is 142 cm³/mol. The number of amides is 1. The van der Waals surface area contributed by atoms with Crippen molar-refractivity contribution in [1.82, 2.24) is 30.8 Å². The summed E-state index contributed by atoms with van der Waals surface area (Å²) in [5, 5.41) is 21.7. The van der Waals surface area contributed by atoms with Crippen LogP contribution in [-0.4, -0.2) is 50.8 Å². The van der Waals surface area contributed by atoms with Crippen molar-refractivity contribution >= 4 is 17.3 Å². The molecule has 1 atom stereocenters. The summed E-state index contributed by atoms with van der Waals surface area (Å²) in [4.78, 5) is 25.5. The third kappa shape index (κ3) is 7.15. The number of hydrogen-bond acceptors (Lipinski definition) is 7. The van der Waals surface area contributed by atoms with Gasteiger partial charge in [-0.25, -0.2) is 14.3 Å². The fraction of sp³-hybridized carbons (Fsp3) is 0.296. The number of benzene rings is 2. The van der Waals surface area contributed by atoms with Gasteiger partial charge >= 0.3 is 18.0 Å². The van der Waals surface area contributed by atoms with Gasteiger partial charge in [0.15, 0.2) is 5.54 Å². The molecule has 0 saturated heterocycles. The molecule has 0 spiro atoms. The molecule has 2 aromatic carbocycles. The lowest BCUT2D eigenvalue weighted by Gasteiger charge is -2.41. The van der Waals surface area contributed by atoms with Gasteiger partial charge in [0.2, 0.25) is 0 Å². The molecule has 0 radical (unpaired) electrons. The number of alkyl halides is 6. The molecular weight excluding hydrogens is 603 g/mol. The van der Waals surface area contributed by atoms with Crippen LogP contribution in [0.15, 0.2) is 71.2 Å². The van der Waals surface area contributed by atoms with Crippen LogP contribution >= 0.6 is 0 Å². The Morgan fingerprint density at radius 2 is 1.84 bits per heavy atom. The first-order valence-corrected chi connectivity index (χ1v) is 12.9. The zero-order valence-corrected chi connectivity index (χ0v) is 22.5. The van der Waals surface area contributed by atoms with E-state index in [1.165, 1.54) is 6.20 Å². The Hall–Kier alpha value is -4.96. The minimum atomic E-state index is -5.35. The summed E-state index contributed by atoms with van der Waals surface area (Å²) in [5.74, 6) is -3.32. The van der Waals surface area contributed by atoms with Crippen molar-refractivity contribution < 1.29 is 40.3 Å². The molecule has 0 fully saturated rings. The van der Waals surface area contributed by atoms with E-state index in [-0.39, 0.29) is 5.75 Å². The van der Waals surface area contributed by atoms with E-state index in [1.807, 2.05) is 5.10 Å². The Morgan fingerprint density at radius 1 is 1.11 bits per heavy atom. The van der Waals surface area contributed by atoms with E-state index in [0.29, 0.717) is 23.4 Å². The molecule has 4 N–H and O–H groups in total. The lowest BCUT2D eigenvalue weighted by Crippen LogP contribution is -2.60. The molecule has 44 heavy (non-hydrogen) atoms. The number of nitrogens with one attached hydrogen (secondary N) is 4. The van der Waals surface area contributed by atoms with Crippen molar-refractivity contribution in [2.24, 2.45) is 0 Å². The van der Waals surface area contributed by atoms with Crippen LogP contribution in [0.1, 0.15) is 30.4 Å². The van der Waals surface area contributed by atoms with Gasteiger partial charge in [0.25, 0.3) is 5.91 Å². The second kappa shape index (κ2) is 12.7. The third-order valence-corrected chi connectivity index (χ3v) is 6.55. The van der Waals surface area contributed by atoms with E-state index in [9.17, 15) is 35.9 Å². The van der Waals surface area contributed by atoms with E-state index < -0.39 is 83.7 Å². The molecule has 0 bridgehead atoms. The molecule has 1 amide bonds. The molecule has 10 nitrogen and oxygen atoms in total. The number of hydrogen-bond donors (Lipinski definition) is 4. The Kier molecular flexibility index (Phi) is 9.24. The summed E-state index contributed by atoms with van der Waals surface area (Å²) >= 11 is 0. The minimum Gasteiger partial charge on any atom is -0.493 e. The molecule has 2 heterocycles. The largest absolute Gasteiger partial charge is 0.493 e. The number of carbonyl (C=O) groups excluding carboxylic acids is 1. The van der Waals surface area contributed by atoms with Gasteiger partial charge in [-0.15, -0.1) is 0 Å². The van der Waals surface area contributed by atoms with Gasteiger partial charge < -0.3 is 20.8 Å². The van der Waals surface area contributed by atoms with Gasteiger partial charge in [-0.05, 0) is 46.8 Å². The predicted octanol–water partition coefficient (Wildman–Crippen LogP) is 4.34. The van der Waals surface area contributed by atoms with Gasteiger partial charge in [-0.1, -0.05) is 30.3 Å². The van der Waals surface area contributed by atoms with Crippen LogP contribution in [0.4, 0.5) is 30.7 Å². The summed E-state index contributed by atoms with van der Waals surface area (Å²) in [7, 11) is 0. The summed E-state index contributed by atoms with van der Waals surface area (Å²) < 4.78 is 102. The van der Waals surface area contributed by atoms with E-state index >= 15 is 4.39 Å². The van der Waals surface area contributed by atoms with Crippen LogP contribution in [0.5, 0.6) is 5.75 Å². The standard InChI is InChI=1S/C27H24F7N7O3/c28-20-13-17(44-12-4-10-26(29,30)31)7-8-19(20)25(27(32,33)34)14-18(22(23(42)37-25)41-24(43)38-39-40-41)21(35)9-11-36-15-16-5-2-1-3-6-16/h1-3,5-9,11,13,35-36H,4,10,12,14-15H2,(H,37,42)(H,38,40,43)/b11-9-,35-21?/t25-/m0/s1. The quantitative estimate of drug-likeness (QED) is 0.142. The van der Waals surface area contributed by atoms with E-state index in [0.717, 1.165) is 17.7 Å². The molecule has 3 aromatic rings. The first-order valence-electron chi connectivity index (χ1n) is 12.9. The summed E-state index contributed by atoms with van der Waals surface area (Å²) in [5.41, 5.74) is -6.66. The molecule has 4 rings (SSSR count). The van der Waals surface area contributed by atoms with Crippen LogP contribution in [-0.2, 0) is 16.9 Å². The molecule has 1 aromatic heterocycles. The number of aromatic nitrogens is 4. The SMILES string of the molecule is N=C(/C=C\NCc1ccccc1)C1=C(n2nn[nH]c2=O)C(=O)N[C@@](c2ccc(OCCCC(F)(F)F)cc2F)(C(F)(F)F)C1. The van der Waals surface area contributed by atoms with Crippen molar-refractivity contribution in [3.05, 3.63) is 93.8 Å². The van der Waals surface area contributed by atoms with Crippen molar-refractivity contribution in [1.29, 1.82) is 5.41 Å². The van der Waals surface area contributed by atoms with Crippen molar-refractivity contribution in [2.45, 2.75) is 43.7 Å². The molecule has 17 heteroatoms. The van der Waals surface area contributed by atoms with Crippen molar-refractivity contribution in [3.63, 3.8) is 0 Å². The maximum atomic E-state index is 15.3. The van der Waals surface area contributed by atoms with Crippen LogP contribution < -0.4 is 21.1 Å². The fourth-order valence-corrected chi connectivity index (χ4v) is 4.47. The Morgan fingerprint density at radius 3 is 2.45 bits per heavy atom. The Bertz CT molecular complexity index is 1630. The first-order chi connectivity index (χ1) is 20.7. The second-order valence-electron chi connectivity index (χ2n) is 9.60. The Balaban J connectivity index is 1.69. The number of allylic oxidation sites excluding steroid dienone is 1. The monoisotopic (exact) mass is 627 g/mol. The molecule has 0 saturated carbocycles. The number of nitrogens with zero attached hydrogens (tertiary/aromatic N) is 3. The third-order valence-electron chi connectivity index (χ3n) is 6.55. The zero-order chi connectivity index (χ0) is 32.1. The number of aromatic amines is 1. The van der Waals surface area contributed by atoms with Gasteiger partial charge in [0.05, 0.1) is 12.3 Å². The summed E-state index contributed by atoms with van der Waals surface area (Å²) in [6.45, 7) is -0.188. The highest BCUT2D eigenvalue weighted by molar-refractivity contribution is 6.25.